The monoisotopic (exact) mass is 875 g/mol. The second-order valence-electron chi connectivity index (χ2n) is 16.9. The van der Waals surface area contributed by atoms with Crippen LogP contribution in [0.1, 0.15) is 94.2 Å². The summed E-state index contributed by atoms with van der Waals surface area (Å²) in [5.41, 5.74) is 12.2. The van der Waals surface area contributed by atoms with E-state index in [0.29, 0.717) is 5.92 Å². The van der Waals surface area contributed by atoms with E-state index in [-0.39, 0.29) is 16.4 Å². The topological polar surface area (TPSA) is 15.7 Å². The number of likely N-dealkylation sites (tertiary alicyclic amines) is 1. The van der Waals surface area contributed by atoms with Crippen molar-refractivity contribution < 1.29 is 18.3 Å². The van der Waals surface area contributed by atoms with Gasteiger partial charge in [0.1, 0.15) is 5.75 Å². The molecule has 1 spiro atoms. The summed E-state index contributed by atoms with van der Waals surface area (Å²) in [4.78, 5) is 5.10. The van der Waals surface area contributed by atoms with E-state index in [1.54, 1.807) is 7.11 Å². The molecule has 0 saturated carbocycles. The van der Waals surface area contributed by atoms with Crippen molar-refractivity contribution in [3.8, 4) is 5.75 Å². The average molecular weight is 876 g/mol. The van der Waals surface area contributed by atoms with Crippen LogP contribution in [0.2, 0.25) is 0 Å². The van der Waals surface area contributed by atoms with Gasteiger partial charge in [-0.3, -0.25) is 0 Å². The molecule has 0 amide bonds. The molecule has 0 radical (unpaired) electrons. The van der Waals surface area contributed by atoms with Gasteiger partial charge in [-0.05, 0) is 68.9 Å². The molecular weight excluding hydrogens is 817 g/mol. The Morgan fingerprint density at radius 1 is 0.893 bits per heavy atom. The summed E-state index contributed by atoms with van der Waals surface area (Å²) in [7, 11) is 14.0. The van der Waals surface area contributed by atoms with Gasteiger partial charge in [0.25, 0.3) is 0 Å². The third-order valence-electron chi connectivity index (χ3n) is 12.0. The number of methoxy groups -OCH3 is 1. The Labute approximate surface area is 350 Å². The van der Waals surface area contributed by atoms with E-state index in [1.807, 2.05) is 10.7 Å². The molecule has 298 valence electrons. The molecule has 2 aliphatic carbocycles. The van der Waals surface area contributed by atoms with E-state index in [4.69, 9.17) is 24.1 Å². The van der Waals surface area contributed by atoms with Gasteiger partial charge in [0.05, 0.1) is 7.11 Å². The van der Waals surface area contributed by atoms with Crippen LogP contribution in [0.15, 0.2) is 139 Å². The van der Waals surface area contributed by atoms with Crippen LogP contribution in [0.3, 0.4) is 0 Å². The van der Waals surface area contributed by atoms with Gasteiger partial charge in [0.2, 0.25) is 0 Å². The summed E-state index contributed by atoms with van der Waals surface area (Å²) in [6, 6.07) is 36.2. The number of hydrogen-bond acceptors (Lipinski definition) is 3. The predicted octanol–water partition coefficient (Wildman–Crippen LogP) is 12.9. The third kappa shape index (κ3) is 9.37. The van der Waals surface area contributed by atoms with Crippen molar-refractivity contribution in [2.45, 2.75) is 97.8 Å². The van der Waals surface area contributed by atoms with Gasteiger partial charge in [-0.15, -0.1) is 5.41 Å². The fourth-order valence-electron chi connectivity index (χ4n) is 9.09. The quantitative estimate of drug-likeness (QED) is 0.0848. The minimum absolute atomic E-state index is 0.0382. The number of halogens is 2. The van der Waals surface area contributed by atoms with Crippen LogP contribution < -0.4 is 4.74 Å². The van der Waals surface area contributed by atoms with Crippen LogP contribution in [-0.4, -0.2) is 27.1 Å². The number of ether oxygens (including phenoxy) is 1. The van der Waals surface area contributed by atoms with E-state index in [0.717, 1.165) is 56.6 Å². The molecule has 3 aliphatic rings. The maximum atomic E-state index is 6.12. The van der Waals surface area contributed by atoms with E-state index in [2.05, 4.69) is 174 Å². The number of rotatable bonds is 11. The molecule has 2 unspecified atom stereocenters. The molecule has 56 heavy (non-hydrogen) atoms. The molecule has 0 aromatic heterocycles. The Hall–Kier alpha value is -3.27. The molecule has 2 atom stereocenters. The molecule has 6 heteroatoms. The molecule has 3 nitrogen and oxygen atoms in total. The molecule has 1 aliphatic heterocycles. The first-order valence-electron chi connectivity index (χ1n) is 19.9. The second-order valence-corrected chi connectivity index (χ2v) is 22.7. The van der Waals surface area contributed by atoms with E-state index < -0.39 is 13.5 Å². The zero-order chi connectivity index (χ0) is 40.1. The van der Waals surface area contributed by atoms with Crippen molar-refractivity contribution in [1.82, 2.24) is 9.80 Å². The van der Waals surface area contributed by atoms with E-state index in [1.165, 1.54) is 44.7 Å². The van der Waals surface area contributed by atoms with Gasteiger partial charge in [-0.1, -0.05) is 69.2 Å². The van der Waals surface area contributed by atoms with Crippen LogP contribution in [-0.2, 0) is 45.0 Å². The first-order chi connectivity index (χ1) is 26.8. The van der Waals surface area contributed by atoms with Crippen LogP contribution in [0.5, 0.6) is 5.75 Å². The molecule has 4 aromatic rings. The van der Waals surface area contributed by atoms with E-state index >= 15 is 0 Å². The standard InChI is InChI=1S/C28H38NO.C22H21N.2ClH.Ru/c1-19(2)21-11-10-15-27(7,20(3)4)25(21)29-18-28(17-26(29,5)6)16-14-22-23(28)12-9-13-24(22)30-8;1-19-10-8-9-15-22(19)18-23(16-20-11-4-2-5-12-20)17-21-13-6-3-7-14-21;;;/h9-13,18-19H,3,14-17H2,1-2,4-8H3;1-15H,16-18H2;2*1H;/q-1;;;;+2/p-2. The fraction of sp³-hybridized carbons (Fsp3) is 0.360. The zero-order valence-corrected chi connectivity index (χ0v) is 37.5. The Morgan fingerprint density at radius 2 is 1.52 bits per heavy atom. The van der Waals surface area contributed by atoms with Crippen LogP contribution >= 0.6 is 19.4 Å². The molecule has 1 heterocycles. The Kier molecular flexibility index (Phi) is 13.7. The van der Waals surface area contributed by atoms with Gasteiger partial charge < -0.3 is 9.64 Å². The molecular formula is C50H59Cl2N2ORu-. The summed E-state index contributed by atoms with van der Waals surface area (Å²) in [6.07, 6.45) is 9.12. The SMILES string of the molecule is C=C(C)C1(C)CC=CC(C(C)C)=C1N1[CH-]C2(CCc3c(OC)cccc32)CC1(C)C.[Cl][Ru]([Cl])=[CH]c1ccccc1CN(Cc1ccccc1)Cc1ccccc1. The molecule has 4 aromatic carbocycles. The van der Waals surface area contributed by atoms with Crippen molar-refractivity contribution in [2.75, 3.05) is 7.11 Å². The van der Waals surface area contributed by atoms with E-state index in [9.17, 15) is 0 Å². The summed E-state index contributed by atoms with van der Waals surface area (Å²) in [5.74, 6) is 1.52. The van der Waals surface area contributed by atoms with Gasteiger partial charge in [0.15, 0.2) is 0 Å². The Bertz CT molecular complexity index is 2040. The summed E-state index contributed by atoms with van der Waals surface area (Å²) in [5, 5.41) is 0. The number of benzene rings is 4. The first-order valence-corrected chi connectivity index (χ1v) is 25.3. The molecule has 1 fully saturated rings. The zero-order valence-electron chi connectivity index (χ0n) is 34.3. The first kappa shape index (κ1) is 42.3. The van der Waals surface area contributed by atoms with Crippen molar-refractivity contribution in [3.05, 3.63) is 179 Å². The molecule has 0 N–H and O–H groups in total. The molecule has 0 bridgehead atoms. The van der Waals surface area contributed by atoms with Gasteiger partial charge in [-0.2, -0.15) is 0 Å². The van der Waals surface area contributed by atoms with Gasteiger partial charge >= 0.3 is 169 Å². The third-order valence-corrected chi connectivity index (χ3v) is 13.9. The van der Waals surface area contributed by atoms with Crippen molar-refractivity contribution in [3.63, 3.8) is 0 Å². The summed E-state index contributed by atoms with van der Waals surface area (Å²) in [6.45, 7) is 23.7. The van der Waals surface area contributed by atoms with Crippen molar-refractivity contribution >= 4 is 24.0 Å². The van der Waals surface area contributed by atoms with Crippen LogP contribution in [0, 0.1) is 17.9 Å². The van der Waals surface area contributed by atoms with Crippen LogP contribution in [0.25, 0.3) is 0 Å². The summed E-state index contributed by atoms with van der Waals surface area (Å²) < 4.78 is 7.74. The second kappa shape index (κ2) is 18.1. The number of fused-ring (bicyclic) bond motifs is 2. The summed E-state index contributed by atoms with van der Waals surface area (Å²) >= 11 is -1.85. The maximum absolute atomic E-state index is 6.12. The predicted molar refractivity (Wildman–Crippen MR) is 236 cm³/mol. The average Bonchev–Trinajstić information content (AvgIpc) is 3.66. The number of nitrogens with zero attached hydrogens (tertiary/aromatic N) is 2. The van der Waals surface area contributed by atoms with Gasteiger partial charge in [0, 0.05) is 11.0 Å². The fourth-order valence-corrected chi connectivity index (χ4v) is 11.0. The molecule has 7 rings (SSSR count). The van der Waals surface area contributed by atoms with Crippen LogP contribution in [0.4, 0.5) is 0 Å². The van der Waals surface area contributed by atoms with Crippen molar-refractivity contribution in [1.29, 1.82) is 0 Å². The Morgan fingerprint density at radius 3 is 2.11 bits per heavy atom. The minimum atomic E-state index is -1.85. The Balaban J connectivity index is 0.000000192. The molecule has 1 saturated heterocycles. The van der Waals surface area contributed by atoms with Crippen molar-refractivity contribution in [2.24, 2.45) is 11.3 Å². The number of allylic oxidation sites excluding steroid dienone is 4. The number of hydrogen-bond donors (Lipinski definition) is 0. The normalized spacial score (nSPS) is 21.3. The van der Waals surface area contributed by atoms with Gasteiger partial charge in [-0.25, -0.2) is 6.54 Å².